The Bertz CT molecular complexity index is 875. The lowest BCUT2D eigenvalue weighted by atomic mass is 10.0. The zero-order valence-corrected chi connectivity index (χ0v) is 16.2. The number of para-hydroxylation sites is 2. The third kappa shape index (κ3) is 4.76. The molecule has 0 saturated heterocycles. The lowest BCUT2D eigenvalue weighted by molar-refractivity contribution is 0.0911. The van der Waals surface area contributed by atoms with Gasteiger partial charge in [0.2, 0.25) is 0 Å². The topological polar surface area (TPSA) is 84.5 Å². The zero-order valence-electron chi connectivity index (χ0n) is 15.4. The fourth-order valence-corrected chi connectivity index (χ4v) is 3.26. The second kappa shape index (κ2) is 7.78. The maximum atomic E-state index is 12.6. The van der Waals surface area contributed by atoms with E-state index in [1.54, 1.807) is 24.3 Å². The molecule has 0 radical (unpaired) electrons. The van der Waals surface area contributed by atoms with Crippen LogP contribution in [0.25, 0.3) is 0 Å². The van der Waals surface area contributed by atoms with Gasteiger partial charge >= 0.3 is 0 Å². The predicted molar refractivity (Wildman–Crippen MR) is 102 cm³/mol. The van der Waals surface area contributed by atoms with E-state index in [9.17, 15) is 13.2 Å². The van der Waals surface area contributed by atoms with Gasteiger partial charge in [0.1, 0.15) is 5.75 Å². The summed E-state index contributed by atoms with van der Waals surface area (Å²) in [6, 6.07) is 12.6. The molecule has 0 saturated carbocycles. The van der Waals surface area contributed by atoms with Gasteiger partial charge in [-0.25, -0.2) is 8.42 Å². The quantitative estimate of drug-likeness (QED) is 0.775. The number of hydrogen-bond donors (Lipinski definition) is 2. The monoisotopic (exact) mass is 376 g/mol. The van der Waals surface area contributed by atoms with E-state index in [1.165, 1.54) is 31.4 Å². The van der Waals surface area contributed by atoms with Crippen molar-refractivity contribution in [2.24, 2.45) is 0 Å². The summed E-state index contributed by atoms with van der Waals surface area (Å²) in [6.07, 6.45) is 0.786. The summed E-state index contributed by atoms with van der Waals surface area (Å²) in [5, 5.41) is 2.91. The summed E-state index contributed by atoms with van der Waals surface area (Å²) in [6.45, 7) is 5.85. The van der Waals surface area contributed by atoms with E-state index in [0.29, 0.717) is 17.0 Å². The molecule has 2 aromatic carbocycles. The summed E-state index contributed by atoms with van der Waals surface area (Å²) in [5.41, 5.74) is 0.428. The van der Waals surface area contributed by atoms with Crippen molar-refractivity contribution in [3.05, 3.63) is 54.1 Å². The highest BCUT2D eigenvalue weighted by Crippen LogP contribution is 2.26. The fourth-order valence-electron chi connectivity index (χ4n) is 2.19. The molecule has 0 bridgehead atoms. The highest BCUT2D eigenvalue weighted by atomic mass is 32.2. The minimum Gasteiger partial charge on any atom is -0.495 e. The highest BCUT2D eigenvalue weighted by Gasteiger charge is 2.20. The Kier molecular flexibility index (Phi) is 5.92. The van der Waals surface area contributed by atoms with Gasteiger partial charge < -0.3 is 10.1 Å². The van der Waals surface area contributed by atoms with Gasteiger partial charge in [0.15, 0.2) is 0 Å². The largest absolute Gasteiger partial charge is 0.495 e. The number of anilines is 1. The maximum Gasteiger partial charge on any atom is 0.262 e. The first-order chi connectivity index (χ1) is 12.2. The number of amides is 1. The van der Waals surface area contributed by atoms with Gasteiger partial charge in [-0.15, -0.1) is 0 Å². The van der Waals surface area contributed by atoms with Crippen LogP contribution in [-0.2, 0) is 10.0 Å². The Morgan fingerprint density at radius 1 is 1.08 bits per heavy atom. The first-order valence-electron chi connectivity index (χ1n) is 8.27. The number of rotatable bonds is 7. The van der Waals surface area contributed by atoms with Crippen LogP contribution in [0.1, 0.15) is 37.6 Å². The molecule has 26 heavy (non-hydrogen) atoms. The van der Waals surface area contributed by atoms with Gasteiger partial charge in [0.25, 0.3) is 15.9 Å². The molecule has 6 nitrogen and oxygen atoms in total. The number of nitrogens with one attached hydrogen (secondary N) is 2. The molecule has 2 aromatic rings. The summed E-state index contributed by atoms with van der Waals surface area (Å²) in [5.74, 6) is 0.187. The predicted octanol–water partition coefficient (Wildman–Crippen LogP) is 3.41. The van der Waals surface area contributed by atoms with Crippen LogP contribution in [-0.4, -0.2) is 27.0 Å². The molecule has 2 rings (SSSR count). The van der Waals surface area contributed by atoms with Crippen LogP contribution in [0.4, 0.5) is 5.69 Å². The van der Waals surface area contributed by atoms with Crippen LogP contribution in [0, 0.1) is 0 Å². The molecule has 7 heteroatoms. The van der Waals surface area contributed by atoms with E-state index in [-0.39, 0.29) is 16.3 Å². The second-order valence-corrected chi connectivity index (χ2v) is 8.20. The molecule has 0 aromatic heterocycles. The van der Waals surface area contributed by atoms with Crippen LogP contribution >= 0.6 is 0 Å². The van der Waals surface area contributed by atoms with Crippen LogP contribution < -0.4 is 14.8 Å². The molecule has 140 valence electrons. The van der Waals surface area contributed by atoms with Crippen molar-refractivity contribution in [2.75, 3.05) is 11.8 Å². The van der Waals surface area contributed by atoms with Crippen molar-refractivity contribution >= 4 is 21.6 Å². The fraction of sp³-hybridized carbons (Fsp3) is 0.316. The van der Waals surface area contributed by atoms with Crippen molar-refractivity contribution in [2.45, 2.75) is 37.6 Å². The van der Waals surface area contributed by atoms with E-state index in [0.717, 1.165) is 6.42 Å². The average molecular weight is 376 g/mol. The van der Waals surface area contributed by atoms with Crippen molar-refractivity contribution < 1.29 is 17.9 Å². The molecule has 0 aliphatic heterocycles. The lowest BCUT2D eigenvalue weighted by Crippen LogP contribution is -2.42. The molecular formula is C19H24N2O4S. The van der Waals surface area contributed by atoms with Gasteiger partial charge in [-0.1, -0.05) is 19.1 Å². The van der Waals surface area contributed by atoms with Crippen molar-refractivity contribution in [1.82, 2.24) is 5.32 Å². The van der Waals surface area contributed by atoms with Gasteiger partial charge in [0.05, 0.1) is 17.7 Å². The van der Waals surface area contributed by atoms with Crippen LogP contribution in [0.2, 0.25) is 0 Å². The molecule has 0 aliphatic rings. The maximum absolute atomic E-state index is 12.6. The van der Waals surface area contributed by atoms with E-state index in [2.05, 4.69) is 10.0 Å². The number of benzene rings is 2. The summed E-state index contributed by atoms with van der Waals surface area (Å²) in [4.78, 5) is 12.3. The third-order valence-corrected chi connectivity index (χ3v) is 5.50. The number of methoxy groups -OCH3 is 1. The molecule has 0 unspecified atom stereocenters. The molecule has 0 atom stereocenters. The Morgan fingerprint density at radius 3 is 2.27 bits per heavy atom. The van der Waals surface area contributed by atoms with Gasteiger partial charge in [-0.2, -0.15) is 0 Å². The Labute approximate surface area is 154 Å². The number of carbonyl (C=O) groups excluding carboxylic acids is 1. The molecule has 0 fully saturated rings. The average Bonchev–Trinajstić information content (AvgIpc) is 2.61. The van der Waals surface area contributed by atoms with Crippen molar-refractivity contribution in [3.8, 4) is 5.75 Å². The molecule has 1 amide bonds. The number of sulfonamides is 1. The Morgan fingerprint density at radius 2 is 1.69 bits per heavy atom. The Balaban J connectivity index is 2.20. The van der Waals surface area contributed by atoms with E-state index < -0.39 is 10.0 Å². The summed E-state index contributed by atoms with van der Waals surface area (Å²) < 4.78 is 32.8. The van der Waals surface area contributed by atoms with Gasteiger partial charge in [0, 0.05) is 11.1 Å². The van der Waals surface area contributed by atoms with Crippen LogP contribution in [0.5, 0.6) is 5.75 Å². The lowest BCUT2D eigenvalue weighted by Gasteiger charge is -2.24. The SMILES string of the molecule is CCC(C)(C)NC(=O)c1ccc(S(=O)(=O)Nc2ccccc2OC)cc1. The molecular weight excluding hydrogens is 352 g/mol. The summed E-state index contributed by atoms with van der Waals surface area (Å²) >= 11 is 0. The second-order valence-electron chi connectivity index (χ2n) is 6.52. The molecule has 0 aliphatic carbocycles. The number of carbonyl (C=O) groups is 1. The molecule has 0 heterocycles. The Hall–Kier alpha value is -2.54. The standard InChI is InChI=1S/C19H24N2O4S/c1-5-19(2,3)20-18(22)14-10-12-15(13-11-14)26(23,24)21-16-8-6-7-9-17(16)25-4/h6-13,21H,5H2,1-4H3,(H,20,22). The minimum absolute atomic E-state index is 0.0645. The van der Waals surface area contributed by atoms with E-state index in [4.69, 9.17) is 4.74 Å². The number of hydrogen-bond acceptors (Lipinski definition) is 4. The molecule has 0 spiro atoms. The zero-order chi connectivity index (χ0) is 19.4. The van der Waals surface area contributed by atoms with E-state index >= 15 is 0 Å². The van der Waals surface area contributed by atoms with Gasteiger partial charge in [-0.3, -0.25) is 9.52 Å². The van der Waals surface area contributed by atoms with E-state index in [1.807, 2.05) is 20.8 Å². The number of ether oxygens (including phenoxy) is 1. The smallest absolute Gasteiger partial charge is 0.262 e. The third-order valence-electron chi connectivity index (χ3n) is 4.11. The normalized spacial score (nSPS) is 11.7. The first-order valence-corrected chi connectivity index (χ1v) is 9.75. The summed E-state index contributed by atoms with van der Waals surface area (Å²) in [7, 11) is -2.32. The van der Waals surface area contributed by atoms with Crippen molar-refractivity contribution in [3.63, 3.8) is 0 Å². The highest BCUT2D eigenvalue weighted by molar-refractivity contribution is 7.92. The van der Waals surface area contributed by atoms with Crippen LogP contribution in [0.3, 0.4) is 0 Å². The van der Waals surface area contributed by atoms with Gasteiger partial charge in [-0.05, 0) is 56.7 Å². The first kappa shape index (κ1) is 19.8. The molecule has 2 N–H and O–H groups in total. The van der Waals surface area contributed by atoms with Crippen molar-refractivity contribution in [1.29, 1.82) is 0 Å². The van der Waals surface area contributed by atoms with Crippen LogP contribution in [0.15, 0.2) is 53.4 Å². The minimum atomic E-state index is -3.79.